The van der Waals surface area contributed by atoms with Crippen LogP contribution in [0.25, 0.3) is 11.3 Å². The van der Waals surface area contributed by atoms with Crippen LogP contribution in [0.1, 0.15) is 11.1 Å². The molecule has 4 heteroatoms. The summed E-state index contributed by atoms with van der Waals surface area (Å²) >= 11 is 0. The molecular weight excluding hydrogens is 248 g/mol. The molecule has 0 radical (unpaired) electrons. The average Bonchev–Trinajstić information content (AvgIpc) is 2.99. The van der Waals surface area contributed by atoms with Crippen LogP contribution in [0.3, 0.4) is 0 Å². The van der Waals surface area contributed by atoms with Crippen molar-refractivity contribution in [2.45, 2.75) is 6.42 Å². The Morgan fingerprint density at radius 2 is 1.95 bits per heavy atom. The van der Waals surface area contributed by atoms with Gasteiger partial charge in [0.05, 0.1) is 5.69 Å². The Morgan fingerprint density at radius 1 is 1.10 bits per heavy atom. The highest BCUT2D eigenvalue weighted by molar-refractivity contribution is 5.80. The van der Waals surface area contributed by atoms with Crippen LogP contribution in [0.2, 0.25) is 0 Å². The van der Waals surface area contributed by atoms with E-state index in [1.807, 2.05) is 42.5 Å². The van der Waals surface area contributed by atoms with Gasteiger partial charge in [0.25, 0.3) is 0 Å². The van der Waals surface area contributed by atoms with Crippen LogP contribution in [0.4, 0.5) is 17.2 Å². The van der Waals surface area contributed by atoms with Gasteiger partial charge in [0, 0.05) is 28.9 Å². The van der Waals surface area contributed by atoms with E-state index >= 15 is 0 Å². The lowest BCUT2D eigenvalue weighted by Crippen LogP contribution is -1.94. The first-order valence-corrected chi connectivity index (χ1v) is 6.59. The van der Waals surface area contributed by atoms with Gasteiger partial charge in [0.2, 0.25) is 0 Å². The van der Waals surface area contributed by atoms with E-state index < -0.39 is 0 Å². The molecule has 20 heavy (non-hydrogen) atoms. The Morgan fingerprint density at radius 3 is 2.80 bits per heavy atom. The van der Waals surface area contributed by atoms with E-state index in [-0.39, 0.29) is 0 Å². The van der Waals surface area contributed by atoms with Gasteiger partial charge < -0.3 is 11.1 Å². The Kier molecular flexibility index (Phi) is 2.29. The molecule has 1 aliphatic carbocycles. The fourth-order valence-electron chi connectivity index (χ4n) is 2.72. The second-order valence-electron chi connectivity index (χ2n) is 5.01. The quantitative estimate of drug-likeness (QED) is 0.485. The molecule has 1 aromatic heterocycles. The van der Waals surface area contributed by atoms with Gasteiger partial charge in [-0.2, -0.15) is 5.10 Å². The second-order valence-corrected chi connectivity index (χ2v) is 5.01. The van der Waals surface area contributed by atoms with Gasteiger partial charge in [0.15, 0.2) is 5.82 Å². The zero-order valence-electron chi connectivity index (χ0n) is 10.9. The molecule has 98 valence electrons. The minimum absolute atomic E-state index is 0.805. The van der Waals surface area contributed by atoms with E-state index in [2.05, 4.69) is 21.6 Å². The molecule has 0 saturated heterocycles. The highest BCUT2D eigenvalue weighted by atomic mass is 15.2. The summed E-state index contributed by atoms with van der Waals surface area (Å²) in [5.74, 6) is 0.890. The zero-order valence-corrected chi connectivity index (χ0v) is 10.9. The predicted octanol–water partition coefficient (Wildman–Crippen LogP) is 3.31. The van der Waals surface area contributed by atoms with Gasteiger partial charge in [-0.3, -0.25) is 5.10 Å². The summed E-state index contributed by atoms with van der Waals surface area (Å²) in [6, 6.07) is 16.1. The van der Waals surface area contributed by atoms with E-state index in [0.29, 0.717) is 0 Å². The molecule has 0 fully saturated rings. The molecule has 2 aromatic carbocycles. The number of nitrogen functional groups attached to an aromatic ring is 1. The third-order valence-corrected chi connectivity index (χ3v) is 3.67. The standard InChI is InChI=1S/C16H14N4/c17-11-6-7-13-10(8-11)9-14-15(13)19-20-16(14)18-12-4-2-1-3-5-12/h1-8H,9,17H2,(H2,18,19,20). The fraction of sp³-hybridized carbons (Fsp3) is 0.0625. The first kappa shape index (κ1) is 11.1. The highest BCUT2D eigenvalue weighted by Crippen LogP contribution is 2.39. The molecular formula is C16H14N4. The maximum Gasteiger partial charge on any atom is 0.156 e. The van der Waals surface area contributed by atoms with Crippen molar-refractivity contribution in [2.24, 2.45) is 0 Å². The topological polar surface area (TPSA) is 66.7 Å². The van der Waals surface area contributed by atoms with Crippen molar-refractivity contribution in [1.82, 2.24) is 10.2 Å². The summed E-state index contributed by atoms with van der Waals surface area (Å²) in [4.78, 5) is 0. The van der Waals surface area contributed by atoms with E-state index in [0.717, 1.165) is 29.3 Å². The number of H-pyrrole nitrogens is 1. The number of rotatable bonds is 2. The molecule has 0 amide bonds. The molecule has 4 N–H and O–H groups in total. The van der Waals surface area contributed by atoms with Crippen LogP contribution in [0.5, 0.6) is 0 Å². The number of para-hydroxylation sites is 1. The molecule has 1 heterocycles. The monoisotopic (exact) mass is 262 g/mol. The van der Waals surface area contributed by atoms with Gasteiger partial charge in [0.1, 0.15) is 0 Å². The minimum atomic E-state index is 0.805. The summed E-state index contributed by atoms with van der Waals surface area (Å²) in [7, 11) is 0. The van der Waals surface area contributed by atoms with Crippen molar-refractivity contribution >= 4 is 17.2 Å². The summed E-state index contributed by atoms with van der Waals surface area (Å²) in [6.07, 6.45) is 0.862. The Labute approximate surface area is 116 Å². The number of fused-ring (bicyclic) bond motifs is 3. The Hall–Kier alpha value is -2.75. The second kappa shape index (κ2) is 4.13. The van der Waals surface area contributed by atoms with Crippen LogP contribution >= 0.6 is 0 Å². The number of aromatic amines is 1. The zero-order chi connectivity index (χ0) is 13.5. The molecule has 0 spiro atoms. The van der Waals surface area contributed by atoms with Crippen LogP contribution in [-0.4, -0.2) is 10.2 Å². The molecule has 0 unspecified atom stereocenters. The van der Waals surface area contributed by atoms with Crippen molar-refractivity contribution < 1.29 is 0 Å². The number of anilines is 3. The fourth-order valence-corrected chi connectivity index (χ4v) is 2.72. The summed E-state index contributed by atoms with van der Waals surface area (Å²) in [5.41, 5.74) is 12.4. The normalized spacial score (nSPS) is 12.0. The van der Waals surface area contributed by atoms with Gasteiger partial charge in [-0.1, -0.05) is 24.3 Å². The molecule has 0 aliphatic heterocycles. The van der Waals surface area contributed by atoms with E-state index in [1.54, 1.807) is 0 Å². The largest absolute Gasteiger partial charge is 0.399 e. The lowest BCUT2D eigenvalue weighted by molar-refractivity contribution is 1.09. The minimum Gasteiger partial charge on any atom is -0.399 e. The van der Waals surface area contributed by atoms with Gasteiger partial charge >= 0.3 is 0 Å². The maximum atomic E-state index is 5.85. The van der Waals surface area contributed by atoms with Crippen molar-refractivity contribution in [3.63, 3.8) is 0 Å². The molecule has 0 bridgehead atoms. The van der Waals surface area contributed by atoms with Gasteiger partial charge in [-0.15, -0.1) is 0 Å². The SMILES string of the molecule is Nc1ccc2c(c1)Cc1c(Nc3ccccc3)n[nH]c1-2. The van der Waals surface area contributed by atoms with E-state index in [4.69, 9.17) is 5.73 Å². The molecule has 0 saturated carbocycles. The number of nitrogens with one attached hydrogen (secondary N) is 2. The third-order valence-electron chi connectivity index (χ3n) is 3.67. The summed E-state index contributed by atoms with van der Waals surface area (Å²) in [6.45, 7) is 0. The first-order valence-electron chi connectivity index (χ1n) is 6.59. The maximum absolute atomic E-state index is 5.85. The summed E-state index contributed by atoms with van der Waals surface area (Å²) in [5, 5.41) is 10.9. The number of hydrogen-bond acceptors (Lipinski definition) is 3. The molecule has 4 rings (SSSR count). The number of aromatic nitrogens is 2. The van der Waals surface area contributed by atoms with Crippen LogP contribution in [-0.2, 0) is 6.42 Å². The first-order chi connectivity index (χ1) is 9.81. The van der Waals surface area contributed by atoms with Crippen LogP contribution < -0.4 is 11.1 Å². The van der Waals surface area contributed by atoms with Crippen LogP contribution in [0.15, 0.2) is 48.5 Å². The van der Waals surface area contributed by atoms with Crippen molar-refractivity contribution in [2.75, 3.05) is 11.1 Å². The van der Waals surface area contributed by atoms with Crippen LogP contribution in [0, 0.1) is 0 Å². The average molecular weight is 262 g/mol. The van der Waals surface area contributed by atoms with Gasteiger partial charge in [-0.25, -0.2) is 0 Å². The molecule has 0 atom stereocenters. The molecule has 3 aromatic rings. The highest BCUT2D eigenvalue weighted by Gasteiger charge is 2.24. The molecule has 1 aliphatic rings. The predicted molar refractivity (Wildman–Crippen MR) is 81.0 cm³/mol. The van der Waals surface area contributed by atoms with Crippen molar-refractivity contribution in [3.05, 3.63) is 59.7 Å². The van der Waals surface area contributed by atoms with Gasteiger partial charge in [-0.05, 0) is 29.8 Å². The number of nitrogens with zero attached hydrogens (tertiary/aromatic N) is 1. The van der Waals surface area contributed by atoms with Crippen molar-refractivity contribution in [3.8, 4) is 11.3 Å². The number of hydrogen-bond donors (Lipinski definition) is 3. The smallest absolute Gasteiger partial charge is 0.156 e. The number of nitrogens with two attached hydrogens (primary N) is 1. The Balaban J connectivity index is 1.72. The third kappa shape index (κ3) is 1.66. The Bertz CT molecular complexity index is 774. The van der Waals surface area contributed by atoms with Crippen molar-refractivity contribution in [1.29, 1.82) is 0 Å². The molecule has 4 nitrogen and oxygen atoms in total. The van der Waals surface area contributed by atoms with E-state index in [9.17, 15) is 0 Å². The summed E-state index contributed by atoms with van der Waals surface area (Å²) < 4.78 is 0. The van der Waals surface area contributed by atoms with E-state index in [1.165, 1.54) is 16.7 Å². The number of benzene rings is 2. The lowest BCUT2D eigenvalue weighted by atomic mass is 10.1. The lowest BCUT2D eigenvalue weighted by Gasteiger charge is -2.04.